The van der Waals surface area contributed by atoms with E-state index in [1.165, 1.54) is 25.3 Å². The number of carbonyl (C=O) groups is 1. The van der Waals surface area contributed by atoms with Crippen molar-refractivity contribution in [3.63, 3.8) is 0 Å². The smallest absolute Gasteiger partial charge is 0.324 e. The zero-order chi connectivity index (χ0) is 14.6. The summed E-state index contributed by atoms with van der Waals surface area (Å²) in [6.07, 6.45) is 0. The molecule has 0 amide bonds. The van der Waals surface area contributed by atoms with Gasteiger partial charge in [0.15, 0.2) is 0 Å². The van der Waals surface area contributed by atoms with Crippen LogP contribution in [0.15, 0.2) is 27.6 Å². The van der Waals surface area contributed by atoms with E-state index in [0.717, 1.165) is 0 Å². The molecule has 0 radical (unpaired) electrons. The molecule has 7 nitrogen and oxygen atoms in total. The average molecular weight is 354 g/mol. The monoisotopic (exact) mass is 353 g/mol. The van der Waals surface area contributed by atoms with Crippen LogP contribution in [0.3, 0.4) is 0 Å². The lowest BCUT2D eigenvalue weighted by molar-refractivity contribution is -0.139. The molecule has 3 N–H and O–H groups in total. The van der Waals surface area contributed by atoms with Crippen molar-refractivity contribution in [1.82, 2.24) is 4.72 Å². The van der Waals surface area contributed by atoms with Gasteiger partial charge in [-0.3, -0.25) is 4.79 Å². The second kappa shape index (κ2) is 6.33. The Morgan fingerprint density at radius 2 is 2.16 bits per heavy atom. The van der Waals surface area contributed by atoms with Gasteiger partial charge >= 0.3 is 5.97 Å². The largest absolute Gasteiger partial charge is 0.496 e. The number of rotatable bonds is 6. The third-order valence-corrected chi connectivity index (χ3v) is 4.30. The summed E-state index contributed by atoms with van der Waals surface area (Å²) in [5.74, 6) is -1.02. The third kappa shape index (κ3) is 3.90. The number of halogens is 1. The molecule has 106 valence electrons. The Hall–Kier alpha value is -1.16. The number of aliphatic carboxylic acids is 1. The molecule has 0 aliphatic rings. The van der Waals surface area contributed by atoms with E-state index < -0.39 is 28.6 Å². The van der Waals surface area contributed by atoms with Crippen molar-refractivity contribution in [2.24, 2.45) is 0 Å². The first-order valence-electron chi connectivity index (χ1n) is 5.01. The molecule has 0 saturated carbocycles. The predicted molar refractivity (Wildman–Crippen MR) is 69.5 cm³/mol. The highest BCUT2D eigenvalue weighted by atomic mass is 79.9. The number of benzene rings is 1. The first kappa shape index (κ1) is 15.9. The zero-order valence-electron chi connectivity index (χ0n) is 9.83. The van der Waals surface area contributed by atoms with Crippen molar-refractivity contribution in [2.45, 2.75) is 10.9 Å². The number of sulfonamides is 1. The first-order valence-corrected chi connectivity index (χ1v) is 7.29. The summed E-state index contributed by atoms with van der Waals surface area (Å²) in [5, 5.41) is 17.5. The van der Waals surface area contributed by atoms with Crippen LogP contribution < -0.4 is 9.46 Å². The van der Waals surface area contributed by atoms with E-state index in [-0.39, 0.29) is 4.90 Å². The number of aliphatic hydroxyl groups excluding tert-OH is 1. The maximum Gasteiger partial charge on any atom is 0.324 e. The van der Waals surface area contributed by atoms with Crippen LogP contribution in [-0.4, -0.2) is 44.4 Å². The molecule has 1 atom stereocenters. The summed E-state index contributed by atoms with van der Waals surface area (Å²) < 4.78 is 31.1. The number of ether oxygens (including phenoxy) is 1. The summed E-state index contributed by atoms with van der Waals surface area (Å²) in [7, 11) is -2.61. The van der Waals surface area contributed by atoms with Gasteiger partial charge in [0.05, 0.1) is 23.1 Å². The molecule has 1 rings (SSSR count). The Labute approximate surface area is 118 Å². The van der Waals surface area contributed by atoms with Crippen LogP contribution in [0.1, 0.15) is 0 Å². The van der Waals surface area contributed by atoms with Gasteiger partial charge in [-0.15, -0.1) is 0 Å². The van der Waals surface area contributed by atoms with Gasteiger partial charge in [-0.2, -0.15) is 4.72 Å². The standard InChI is InChI=1S/C10H12BrNO6S/c1-18-9-3-2-6(4-7(9)11)19(16,17)12-8(5-13)10(14)15/h2-4,8,12-13H,5H2,1H3,(H,14,15)/t8-/m0/s1. The van der Waals surface area contributed by atoms with E-state index in [1.807, 2.05) is 4.72 Å². The van der Waals surface area contributed by atoms with Gasteiger partial charge in [-0.05, 0) is 34.1 Å². The van der Waals surface area contributed by atoms with E-state index >= 15 is 0 Å². The second-order valence-corrected chi connectivity index (χ2v) is 6.06. The van der Waals surface area contributed by atoms with E-state index in [4.69, 9.17) is 14.9 Å². The molecular weight excluding hydrogens is 342 g/mol. The number of nitrogens with one attached hydrogen (secondary N) is 1. The van der Waals surface area contributed by atoms with Crippen LogP contribution in [0, 0.1) is 0 Å². The van der Waals surface area contributed by atoms with Crippen LogP contribution in [-0.2, 0) is 14.8 Å². The van der Waals surface area contributed by atoms with Crippen LogP contribution in [0.25, 0.3) is 0 Å². The molecule has 0 aliphatic carbocycles. The molecule has 0 aliphatic heterocycles. The summed E-state index contributed by atoms with van der Waals surface area (Å²) >= 11 is 3.13. The lowest BCUT2D eigenvalue weighted by atomic mass is 10.3. The van der Waals surface area contributed by atoms with Crippen LogP contribution >= 0.6 is 15.9 Å². The highest BCUT2D eigenvalue weighted by Gasteiger charge is 2.25. The third-order valence-electron chi connectivity index (χ3n) is 2.21. The summed E-state index contributed by atoms with van der Waals surface area (Å²) in [4.78, 5) is 10.6. The Morgan fingerprint density at radius 1 is 1.53 bits per heavy atom. The molecule has 0 fully saturated rings. The van der Waals surface area contributed by atoms with Crippen molar-refractivity contribution in [3.05, 3.63) is 22.7 Å². The molecule has 0 saturated heterocycles. The Bertz CT molecular complexity index is 573. The SMILES string of the molecule is COc1ccc(S(=O)(=O)N[C@@H](CO)C(=O)O)cc1Br. The predicted octanol–water partition coefficient (Wildman–Crippen LogP) is 0.182. The van der Waals surface area contributed by atoms with Crippen LogP contribution in [0.2, 0.25) is 0 Å². The van der Waals surface area contributed by atoms with E-state index in [1.54, 1.807) is 0 Å². The summed E-state index contributed by atoms with van der Waals surface area (Å²) in [6, 6.07) is 2.37. The number of hydrogen-bond donors (Lipinski definition) is 3. The fourth-order valence-corrected chi connectivity index (χ4v) is 3.13. The number of methoxy groups -OCH3 is 1. The topological polar surface area (TPSA) is 113 Å². The molecule has 0 spiro atoms. The highest BCUT2D eigenvalue weighted by molar-refractivity contribution is 9.10. The van der Waals surface area contributed by atoms with Crippen molar-refractivity contribution < 1.29 is 28.2 Å². The average Bonchev–Trinajstić information content (AvgIpc) is 2.35. The molecule has 0 unspecified atom stereocenters. The Balaban J connectivity index is 3.07. The fourth-order valence-electron chi connectivity index (χ4n) is 1.24. The quantitative estimate of drug-likeness (QED) is 0.672. The maximum atomic E-state index is 11.9. The van der Waals surface area contributed by atoms with Gasteiger partial charge in [-0.1, -0.05) is 0 Å². The van der Waals surface area contributed by atoms with Crippen molar-refractivity contribution in [2.75, 3.05) is 13.7 Å². The number of hydrogen-bond acceptors (Lipinski definition) is 5. The van der Waals surface area contributed by atoms with E-state index in [9.17, 15) is 13.2 Å². The normalized spacial score (nSPS) is 13.0. The molecule has 1 aromatic rings. The maximum absolute atomic E-state index is 11.9. The molecule has 19 heavy (non-hydrogen) atoms. The molecule has 1 aromatic carbocycles. The number of aliphatic hydroxyl groups is 1. The molecule has 0 aromatic heterocycles. The molecule has 0 bridgehead atoms. The van der Waals surface area contributed by atoms with Crippen molar-refractivity contribution >= 4 is 31.9 Å². The van der Waals surface area contributed by atoms with Gasteiger partial charge in [0, 0.05) is 0 Å². The van der Waals surface area contributed by atoms with Crippen LogP contribution in [0.4, 0.5) is 0 Å². The fraction of sp³-hybridized carbons (Fsp3) is 0.300. The second-order valence-electron chi connectivity index (χ2n) is 3.49. The summed E-state index contributed by atoms with van der Waals surface area (Å²) in [6.45, 7) is -0.841. The highest BCUT2D eigenvalue weighted by Crippen LogP contribution is 2.27. The molecule has 0 heterocycles. The lowest BCUT2D eigenvalue weighted by Crippen LogP contribution is -2.43. The minimum absolute atomic E-state index is 0.139. The van der Waals surface area contributed by atoms with Gasteiger partial charge in [0.25, 0.3) is 0 Å². The van der Waals surface area contributed by atoms with Gasteiger partial charge in [0.1, 0.15) is 11.8 Å². The van der Waals surface area contributed by atoms with E-state index in [0.29, 0.717) is 10.2 Å². The molecule has 9 heteroatoms. The minimum atomic E-state index is -4.04. The lowest BCUT2D eigenvalue weighted by Gasteiger charge is -2.13. The summed E-state index contributed by atoms with van der Waals surface area (Å²) in [5.41, 5.74) is 0. The van der Waals surface area contributed by atoms with Gasteiger partial charge in [-0.25, -0.2) is 8.42 Å². The van der Waals surface area contributed by atoms with Gasteiger partial charge < -0.3 is 14.9 Å². The number of carboxylic acid groups (broad SMARTS) is 1. The minimum Gasteiger partial charge on any atom is -0.496 e. The molecular formula is C10H12BrNO6S. The Morgan fingerprint density at radius 3 is 2.58 bits per heavy atom. The Kier molecular flexibility index (Phi) is 5.29. The van der Waals surface area contributed by atoms with Gasteiger partial charge in [0.2, 0.25) is 10.0 Å². The zero-order valence-corrected chi connectivity index (χ0v) is 12.2. The van der Waals surface area contributed by atoms with E-state index in [2.05, 4.69) is 15.9 Å². The van der Waals surface area contributed by atoms with Crippen LogP contribution in [0.5, 0.6) is 5.75 Å². The van der Waals surface area contributed by atoms with Crippen molar-refractivity contribution in [1.29, 1.82) is 0 Å². The first-order chi connectivity index (χ1) is 8.81. The number of carboxylic acids is 1. The van der Waals surface area contributed by atoms with Crippen molar-refractivity contribution in [3.8, 4) is 5.75 Å².